The SMILES string of the molecule is CN=C(NCCc1cnn(C)c1)NCC1(N2CCCCC2)CCCCC1. The summed E-state index contributed by atoms with van der Waals surface area (Å²) < 4.78 is 1.86. The van der Waals surface area contributed by atoms with Gasteiger partial charge in [0.1, 0.15) is 0 Å². The normalized spacial score (nSPS) is 21.5. The van der Waals surface area contributed by atoms with Crippen LogP contribution in [0.1, 0.15) is 56.9 Å². The van der Waals surface area contributed by atoms with Gasteiger partial charge in [0.25, 0.3) is 0 Å². The van der Waals surface area contributed by atoms with Gasteiger partial charge in [0.15, 0.2) is 5.96 Å². The van der Waals surface area contributed by atoms with Crippen molar-refractivity contribution < 1.29 is 0 Å². The molecule has 0 amide bonds. The first-order chi connectivity index (χ1) is 12.7. The summed E-state index contributed by atoms with van der Waals surface area (Å²) in [6, 6.07) is 0. The molecule has 0 aromatic carbocycles. The molecule has 1 saturated heterocycles. The maximum absolute atomic E-state index is 4.44. The minimum Gasteiger partial charge on any atom is -0.356 e. The zero-order chi connectivity index (χ0) is 18.2. The van der Waals surface area contributed by atoms with Crippen molar-refractivity contribution in [2.45, 2.75) is 63.3 Å². The quantitative estimate of drug-likeness (QED) is 0.604. The Balaban J connectivity index is 1.51. The molecule has 1 aromatic heterocycles. The highest BCUT2D eigenvalue weighted by molar-refractivity contribution is 5.79. The van der Waals surface area contributed by atoms with Crippen molar-refractivity contribution in [3.63, 3.8) is 0 Å². The molecular weight excluding hydrogens is 324 g/mol. The molecule has 3 rings (SSSR count). The molecule has 0 spiro atoms. The van der Waals surface area contributed by atoms with Crippen LogP contribution in [0.15, 0.2) is 17.4 Å². The third-order valence-corrected chi connectivity index (χ3v) is 6.08. The van der Waals surface area contributed by atoms with Crippen molar-refractivity contribution in [2.75, 3.05) is 33.2 Å². The van der Waals surface area contributed by atoms with E-state index >= 15 is 0 Å². The second-order valence-corrected chi connectivity index (χ2v) is 7.96. The molecular formula is C20H36N6. The standard InChI is InChI=1S/C20H36N6/c1-21-19(22-12-9-18-15-24-25(2)16-18)23-17-20(10-5-3-6-11-20)26-13-7-4-8-14-26/h15-16H,3-14,17H2,1-2H3,(H2,21,22,23). The lowest BCUT2D eigenvalue weighted by atomic mass is 9.79. The molecule has 6 nitrogen and oxygen atoms in total. The van der Waals surface area contributed by atoms with Gasteiger partial charge in [-0.2, -0.15) is 5.10 Å². The highest BCUT2D eigenvalue weighted by Gasteiger charge is 2.38. The van der Waals surface area contributed by atoms with E-state index in [0.717, 1.165) is 25.5 Å². The van der Waals surface area contributed by atoms with E-state index in [1.165, 1.54) is 70.0 Å². The number of guanidine groups is 1. The smallest absolute Gasteiger partial charge is 0.191 e. The predicted octanol–water partition coefficient (Wildman–Crippen LogP) is 2.32. The second-order valence-electron chi connectivity index (χ2n) is 7.96. The average molecular weight is 361 g/mol. The molecule has 2 aliphatic rings. The molecule has 2 fully saturated rings. The minimum atomic E-state index is 0.333. The van der Waals surface area contributed by atoms with Crippen LogP contribution in [0.4, 0.5) is 0 Å². The van der Waals surface area contributed by atoms with E-state index in [0.29, 0.717) is 5.54 Å². The Hall–Kier alpha value is -1.56. The topological polar surface area (TPSA) is 57.5 Å². The van der Waals surface area contributed by atoms with Gasteiger partial charge in [-0.3, -0.25) is 14.6 Å². The monoisotopic (exact) mass is 360 g/mol. The largest absolute Gasteiger partial charge is 0.356 e. The van der Waals surface area contributed by atoms with Crippen LogP contribution in [-0.2, 0) is 13.5 Å². The Kier molecular flexibility index (Phi) is 6.94. The Morgan fingerprint density at radius 2 is 1.85 bits per heavy atom. The van der Waals surface area contributed by atoms with Crippen molar-refractivity contribution in [3.8, 4) is 0 Å². The summed E-state index contributed by atoms with van der Waals surface area (Å²) in [5, 5.41) is 11.3. The molecule has 1 saturated carbocycles. The molecule has 1 aromatic rings. The maximum Gasteiger partial charge on any atom is 0.191 e. The highest BCUT2D eigenvalue weighted by Crippen LogP contribution is 2.35. The molecule has 0 unspecified atom stereocenters. The summed E-state index contributed by atoms with van der Waals surface area (Å²) in [7, 11) is 3.83. The van der Waals surface area contributed by atoms with Gasteiger partial charge in [-0.25, -0.2) is 0 Å². The second kappa shape index (κ2) is 9.40. The van der Waals surface area contributed by atoms with E-state index in [1.54, 1.807) is 0 Å². The minimum absolute atomic E-state index is 0.333. The molecule has 0 atom stereocenters. The van der Waals surface area contributed by atoms with E-state index < -0.39 is 0 Å². The van der Waals surface area contributed by atoms with Crippen molar-refractivity contribution in [1.29, 1.82) is 0 Å². The molecule has 2 heterocycles. The summed E-state index contributed by atoms with van der Waals surface area (Å²) >= 11 is 0. The van der Waals surface area contributed by atoms with Crippen molar-refractivity contribution in [1.82, 2.24) is 25.3 Å². The fraction of sp³-hybridized carbons (Fsp3) is 0.800. The van der Waals surface area contributed by atoms with E-state index in [9.17, 15) is 0 Å². The molecule has 1 aliphatic heterocycles. The van der Waals surface area contributed by atoms with E-state index in [2.05, 4.69) is 31.8 Å². The number of aromatic nitrogens is 2. The molecule has 0 radical (unpaired) electrons. The number of hydrogen-bond donors (Lipinski definition) is 2. The zero-order valence-corrected chi connectivity index (χ0v) is 16.6. The van der Waals surface area contributed by atoms with Crippen molar-refractivity contribution >= 4 is 5.96 Å². The summed E-state index contributed by atoms with van der Waals surface area (Å²) in [5.74, 6) is 0.927. The van der Waals surface area contributed by atoms with Crippen LogP contribution in [0, 0.1) is 0 Å². The Morgan fingerprint density at radius 3 is 2.50 bits per heavy atom. The van der Waals surface area contributed by atoms with Crippen LogP contribution < -0.4 is 10.6 Å². The molecule has 2 N–H and O–H groups in total. The number of aliphatic imine (C=N–C) groups is 1. The van der Waals surface area contributed by atoms with Gasteiger partial charge in [0.2, 0.25) is 0 Å². The fourth-order valence-corrected chi connectivity index (χ4v) is 4.58. The lowest BCUT2D eigenvalue weighted by Crippen LogP contribution is -2.59. The number of nitrogens with one attached hydrogen (secondary N) is 2. The number of piperidine rings is 1. The first-order valence-electron chi connectivity index (χ1n) is 10.4. The maximum atomic E-state index is 4.44. The van der Waals surface area contributed by atoms with E-state index in [4.69, 9.17) is 0 Å². The van der Waals surface area contributed by atoms with Crippen molar-refractivity contribution in [3.05, 3.63) is 18.0 Å². The van der Waals surface area contributed by atoms with Gasteiger partial charge < -0.3 is 10.6 Å². The molecule has 1 aliphatic carbocycles. The Bertz CT molecular complexity index is 567. The zero-order valence-electron chi connectivity index (χ0n) is 16.6. The van der Waals surface area contributed by atoms with Crippen molar-refractivity contribution in [2.24, 2.45) is 12.0 Å². The predicted molar refractivity (Wildman–Crippen MR) is 108 cm³/mol. The van der Waals surface area contributed by atoms with Gasteiger partial charge in [0.05, 0.1) is 6.20 Å². The molecule has 6 heteroatoms. The highest BCUT2D eigenvalue weighted by atomic mass is 15.3. The fourth-order valence-electron chi connectivity index (χ4n) is 4.58. The van der Waals surface area contributed by atoms with Crippen LogP contribution in [0.2, 0.25) is 0 Å². The van der Waals surface area contributed by atoms with Crippen LogP contribution >= 0.6 is 0 Å². The summed E-state index contributed by atoms with van der Waals surface area (Å²) in [6.07, 6.45) is 15.9. The molecule has 26 heavy (non-hydrogen) atoms. The molecule has 146 valence electrons. The van der Waals surface area contributed by atoms with Gasteiger partial charge in [-0.05, 0) is 50.8 Å². The van der Waals surface area contributed by atoms with Gasteiger partial charge in [-0.1, -0.05) is 25.7 Å². The van der Waals surface area contributed by atoms with E-state index in [-0.39, 0.29) is 0 Å². The van der Waals surface area contributed by atoms with E-state index in [1.807, 2.05) is 25.0 Å². The Labute approximate surface area is 158 Å². The summed E-state index contributed by atoms with van der Waals surface area (Å²) in [4.78, 5) is 7.22. The Morgan fingerprint density at radius 1 is 1.12 bits per heavy atom. The van der Waals surface area contributed by atoms with Crippen LogP contribution in [0.25, 0.3) is 0 Å². The average Bonchev–Trinajstić information content (AvgIpc) is 3.11. The number of aryl methyl sites for hydroxylation is 1. The van der Waals surface area contributed by atoms with Gasteiger partial charge >= 0.3 is 0 Å². The number of likely N-dealkylation sites (tertiary alicyclic amines) is 1. The van der Waals surface area contributed by atoms with Crippen LogP contribution in [0.5, 0.6) is 0 Å². The van der Waals surface area contributed by atoms with Crippen LogP contribution in [-0.4, -0.2) is 59.4 Å². The van der Waals surface area contributed by atoms with Crippen LogP contribution in [0.3, 0.4) is 0 Å². The first-order valence-corrected chi connectivity index (χ1v) is 10.4. The first kappa shape index (κ1) is 19.2. The number of nitrogens with zero attached hydrogens (tertiary/aromatic N) is 4. The summed E-state index contributed by atoms with van der Waals surface area (Å²) in [5.41, 5.74) is 1.59. The summed E-state index contributed by atoms with van der Waals surface area (Å²) in [6.45, 7) is 4.44. The third kappa shape index (κ3) is 5.00. The number of rotatable bonds is 6. The van der Waals surface area contributed by atoms with Gasteiger partial charge in [0, 0.05) is 38.9 Å². The molecule has 0 bridgehead atoms. The lowest BCUT2D eigenvalue weighted by molar-refractivity contribution is 0.0368. The van der Waals surface area contributed by atoms with Gasteiger partial charge in [-0.15, -0.1) is 0 Å². The third-order valence-electron chi connectivity index (χ3n) is 6.08. The number of hydrogen-bond acceptors (Lipinski definition) is 3. The lowest BCUT2D eigenvalue weighted by Gasteiger charge is -2.48.